The number of halogens is 2. The van der Waals surface area contributed by atoms with Crippen LogP contribution in [0.1, 0.15) is 29.0 Å². The molecule has 8 nitrogen and oxygen atoms in total. The summed E-state index contributed by atoms with van der Waals surface area (Å²) >= 11 is 0. The van der Waals surface area contributed by atoms with E-state index in [1.807, 2.05) is 4.90 Å². The molecule has 29 heavy (non-hydrogen) atoms. The van der Waals surface area contributed by atoms with Gasteiger partial charge in [-0.15, -0.1) is 0 Å². The number of aromatic nitrogens is 3. The number of carbonyl (C=O) groups is 1. The van der Waals surface area contributed by atoms with Crippen molar-refractivity contribution in [2.24, 2.45) is 0 Å². The summed E-state index contributed by atoms with van der Waals surface area (Å²) in [6.07, 6.45) is 2.13. The second-order valence-corrected chi connectivity index (χ2v) is 6.92. The SMILES string of the molecule is O=C(NCc1nc(N2CCCC2)nc(N2CCOCC2)n1)c1c(F)cccc1F. The highest BCUT2D eigenvalue weighted by molar-refractivity contribution is 5.94. The van der Waals surface area contributed by atoms with Gasteiger partial charge in [0.1, 0.15) is 17.2 Å². The lowest BCUT2D eigenvalue weighted by Crippen LogP contribution is -2.38. The third kappa shape index (κ3) is 4.42. The fourth-order valence-corrected chi connectivity index (χ4v) is 3.40. The van der Waals surface area contributed by atoms with Crippen molar-refractivity contribution in [1.29, 1.82) is 0 Å². The molecule has 2 aliphatic rings. The van der Waals surface area contributed by atoms with Crippen molar-refractivity contribution in [1.82, 2.24) is 20.3 Å². The molecule has 0 spiro atoms. The van der Waals surface area contributed by atoms with Gasteiger partial charge in [0.2, 0.25) is 11.9 Å². The van der Waals surface area contributed by atoms with Crippen LogP contribution in [0.3, 0.4) is 0 Å². The summed E-state index contributed by atoms with van der Waals surface area (Å²) < 4.78 is 33.1. The average molecular weight is 404 g/mol. The van der Waals surface area contributed by atoms with Crippen LogP contribution in [0.15, 0.2) is 18.2 Å². The first kappa shape index (κ1) is 19.4. The molecule has 0 unspecified atom stereocenters. The van der Waals surface area contributed by atoms with Crippen LogP contribution in [0.4, 0.5) is 20.7 Å². The molecular formula is C19H22F2N6O2. The number of morpholine rings is 1. The van der Waals surface area contributed by atoms with E-state index in [-0.39, 0.29) is 6.54 Å². The minimum absolute atomic E-state index is 0.0622. The van der Waals surface area contributed by atoms with Crippen LogP contribution in [-0.2, 0) is 11.3 Å². The minimum Gasteiger partial charge on any atom is -0.378 e. The van der Waals surface area contributed by atoms with Crippen LogP contribution < -0.4 is 15.1 Å². The van der Waals surface area contributed by atoms with Gasteiger partial charge >= 0.3 is 0 Å². The molecule has 1 N–H and O–H groups in total. The highest BCUT2D eigenvalue weighted by atomic mass is 19.1. The molecule has 2 aromatic rings. The molecule has 0 atom stereocenters. The zero-order valence-electron chi connectivity index (χ0n) is 15.9. The van der Waals surface area contributed by atoms with Crippen LogP contribution in [-0.4, -0.2) is 60.3 Å². The molecule has 1 aromatic carbocycles. The average Bonchev–Trinajstić information content (AvgIpc) is 3.28. The summed E-state index contributed by atoms with van der Waals surface area (Å²) in [4.78, 5) is 29.9. The number of benzene rings is 1. The normalized spacial score (nSPS) is 16.9. The standard InChI is InChI=1S/C19H22F2N6O2/c20-13-4-3-5-14(21)16(13)17(28)22-12-15-23-18(26-6-1-2-7-26)25-19(24-15)27-8-10-29-11-9-27/h3-5H,1-2,6-12H2,(H,22,28). The van der Waals surface area contributed by atoms with E-state index < -0.39 is 23.1 Å². The van der Waals surface area contributed by atoms with Gasteiger partial charge in [0.25, 0.3) is 5.91 Å². The summed E-state index contributed by atoms with van der Waals surface area (Å²) in [5.41, 5.74) is -0.616. The highest BCUT2D eigenvalue weighted by Gasteiger charge is 2.22. The molecule has 0 radical (unpaired) electrons. The van der Waals surface area contributed by atoms with Gasteiger partial charge in [-0.05, 0) is 25.0 Å². The van der Waals surface area contributed by atoms with Crippen LogP contribution in [0.2, 0.25) is 0 Å². The fourth-order valence-electron chi connectivity index (χ4n) is 3.40. The molecule has 4 rings (SSSR count). The maximum Gasteiger partial charge on any atom is 0.257 e. The van der Waals surface area contributed by atoms with Crippen LogP contribution in [0, 0.1) is 11.6 Å². The smallest absolute Gasteiger partial charge is 0.257 e. The third-order valence-electron chi connectivity index (χ3n) is 4.94. The summed E-state index contributed by atoms with van der Waals surface area (Å²) in [5, 5.41) is 2.51. The van der Waals surface area contributed by atoms with E-state index in [1.54, 1.807) is 0 Å². The van der Waals surface area contributed by atoms with Crippen LogP contribution in [0.25, 0.3) is 0 Å². The van der Waals surface area contributed by atoms with Gasteiger partial charge in [0, 0.05) is 26.2 Å². The molecule has 2 saturated heterocycles. The van der Waals surface area contributed by atoms with E-state index in [4.69, 9.17) is 4.74 Å². The first-order chi connectivity index (χ1) is 14.1. The van der Waals surface area contributed by atoms with Crippen LogP contribution >= 0.6 is 0 Å². The van der Waals surface area contributed by atoms with Gasteiger partial charge < -0.3 is 19.9 Å². The van der Waals surface area contributed by atoms with E-state index in [9.17, 15) is 13.6 Å². The molecule has 1 aromatic heterocycles. The molecular weight excluding hydrogens is 382 g/mol. The lowest BCUT2D eigenvalue weighted by molar-refractivity contribution is 0.0941. The number of hydrogen-bond donors (Lipinski definition) is 1. The van der Waals surface area contributed by atoms with Gasteiger partial charge in [-0.25, -0.2) is 8.78 Å². The Morgan fingerprint density at radius 2 is 1.55 bits per heavy atom. The second kappa shape index (κ2) is 8.64. The van der Waals surface area contributed by atoms with E-state index in [1.165, 1.54) is 6.07 Å². The largest absolute Gasteiger partial charge is 0.378 e. The Morgan fingerprint density at radius 3 is 2.17 bits per heavy atom. The zero-order chi connectivity index (χ0) is 20.2. The number of amides is 1. The Bertz CT molecular complexity index is 865. The molecule has 154 valence electrons. The lowest BCUT2D eigenvalue weighted by Gasteiger charge is -2.28. The fraction of sp³-hybridized carbons (Fsp3) is 0.474. The number of anilines is 2. The summed E-state index contributed by atoms with van der Waals surface area (Å²) in [6, 6.07) is 3.30. The van der Waals surface area contributed by atoms with Gasteiger partial charge in [-0.1, -0.05) is 6.07 Å². The molecule has 1 amide bonds. The molecule has 0 bridgehead atoms. The van der Waals surface area contributed by atoms with Crippen molar-refractivity contribution in [3.63, 3.8) is 0 Å². The van der Waals surface area contributed by atoms with Crippen molar-refractivity contribution in [2.75, 3.05) is 49.2 Å². The first-order valence-corrected chi connectivity index (χ1v) is 9.66. The Labute approximate surface area is 166 Å². The number of nitrogens with zero attached hydrogens (tertiary/aromatic N) is 5. The molecule has 10 heteroatoms. The van der Waals surface area contributed by atoms with E-state index >= 15 is 0 Å². The Kier molecular flexibility index (Phi) is 5.79. The summed E-state index contributed by atoms with van der Waals surface area (Å²) in [5.74, 6) is -1.26. The van der Waals surface area contributed by atoms with Crippen molar-refractivity contribution >= 4 is 17.8 Å². The zero-order valence-corrected chi connectivity index (χ0v) is 15.9. The van der Waals surface area contributed by atoms with Crippen LogP contribution in [0.5, 0.6) is 0 Å². The van der Waals surface area contributed by atoms with Crippen molar-refractivity contribution in [2.45, 2.75) is 19.4 Å². The Hall–Kier alpha value is -2.88. The number of carbonyl (C=O) groups excluding carboxylic acids is 1. The number of ether oxygens (including phenoxy) is 1. The van der Waals surface area contributed by atoms with E-state index in [0.717, 1.165) is 38.1 Å². The van der Waals surface area contributed by atoms with E-state index in [0.29, 0.717) is 44.0 Å². The monoisotopic (exact) mass is 404 g/mol. The summed E-state index contributed by atoms with van der Waals surface area (Å²) in [6.45, 7) is 4.16. The van der Waals surface area contributed by atoms with Gasteiger partial charge in [-0.2, -0.15) is 15.0 Å². The molecule has 0 aliphatic carbocycles. The van der Waals surface area contributed by atoms with Crippen molar-refractivity contribution in [3.8, 4) is 0 Å². The molecule has 2 fully saturated rings. The second-order valence-electron chi connectivity index (χ2n) is 6.92. The van der Waals surface area contributed by atoms with Crippen molar-refractivity contribution < 1.29 is 18.3 Å². The Morgan fingerprint density at radius 1 is 0.966 bits per heavy atom. The number of hydrogen-bond acceptors (Lipinski definition) is 7. The molecule has 2 aliphatic heterocycles. The third-order valence-corrected chi connectivity index (χ3v) is 4.94. The topological polar surface area (TPSA) is 83.5 Å². The van der Waals surface area contributed by atoms with E-state index in [2.05, 4.69) is 25.2 Å². The summed E-state index contributed by atoms with van der Waals surface area (Å²) in [7, 11) is 0. The van der Waals surface area contributed by atoms with Gasteiger partial charge in [0.05, 0.1) is 19.8 Å². The molecule has 0 saturated carbocycles. The Balaban J connectivity index is 1.55. The molecule has 3 heterocycles. The lowest BCUT2D eigenvalue weighted by atomic mass is 10.2. The van der Waals surface area contributed by atoms with Gasteiger partial charge in [-0.3, -0.25) is 4.79 Å². The predicted octanol–water partition coefficient (Wildman–Crippen LogP) is 1.52. The predicted molar refractivity (Wildman–Crippen MR) is 102 cm³/mol. The highest BCUT2D eigenvalue weighted by Crippen LogP contribution is 2.20. The first-order valence-electron chi connectivity index (χ1n) is 9.66. The quantitative estimate of drug-likeness (QED) is 0.809. The number of rotatable bonds is 5. The minimum atomic E-state index is -0.912. The maximum atomic E-state index is 13.8. The maximum absolute atomic E-state index is 13.8. The van der Waals surface area contributed by atoms with Gasteiger partial charge in [0.15, 0.2) is 5.82 Å². The number of nitrogens with one attached hydrogen (secondary N) is 1. The van der Waals surface area contributed by atoms with Crippen molar-refractivity contribution in [3.05, 3.63) is 41.2 Å².